The van der Waals surface area contributed by atoms with Crippen LogP contribution in [0.3, 0.4) is 0 Å². The molecule has 0 N–H and O–H groups in total. The Morgan fingerprint density at radius 1 is 1.38 bits per heavy atom. The third-order valence-electron chi connectivity index (χ3n) is 4.38. The van der Waals surface area contributed by atoms with Gasteiger partial charge in [-0.25, -0.2) is 4.79 Å². The van der Waals surface area contributed by atoms with E-state index in [4.69, 9.17) is 9.47 Å². The first-order chi connectivity index (χ1) is 7.60. The number of carbonyl (C=O) groups excluding carboxylic acids is 1. The molecule has 2 rings (SSSR count). The summed E-state index contributed by atoms with van der Waals surface area (Å²) in [5.41, 5.74) is -0.900. The van der Waals surface area contributed by atoms with Gasteiger partial charge in [0.2, 0.25) is 0 Å². The zero-order valence-electron chi connectivity index (χ0n) is 10.5. The fourth-order valence-corrected chi connectivity index (χ4v) is 3.29. The van der Waals surface area contributed by atoms with Crippen molar-refractivity contribution in [2.75, 3.05) is 6.61 Å². The van der Waals surface area contributed by atoms with Crippen LogP contribution in [0.4, 0.5) is 0 Å². The molecule has 16 heavy (non-hydrogen) atoms. The molecule has 1 heterocycles. The molecular formula is C13H22O3. The number of hydrogen-bond donors (Lipinski definition) is 0. The summed E-state index contributed by atoms with van der Waals surface area (Å²) in [4.78, 5) is 12.0. The highest BCUT2D eigenvalue weighted by atomic mass is 16.7. The fourth-order valence-electron chi connectivity index (χ4n) is 3.29. The van der Waals surface area contributed by atoms with Crippen molar-refractivity contribution < 1.29 is 14.3 Å². The second kappa shape index (κ2) is 4.02. The summed E-state index contributed by atoms with van der Waals surface area (Å²) < 4.78 is 11.0. The van der Waals surface area contributed by atoms with Crippen molar-refractivity contribution in [2.45, 2.75) is 64.1 Å². The molecule has 2 aliphatic rings. The van der Waals surface area contributed by atoms with Crippen molar-refractivity contribution in [2.24, 2.45) is 5.92 Å². The van der Waals surface area contributed by atoms with Crippen LogP contribution in [0.5, 0.6) is 0 Å². The molecule has 0 aromatic heterocycles. The van der Waals surface area contributed by atoms with Crippen LogP contribution in [-0.2, 0) is 14.3 Å². The number of hydrogen-bond acceptors (Lipinski definition) is 3. The quantitative estimate of drug-likeness (QED) is 0.546. The van der Waals surface area contributed by atoms with E-state index >= 15 is 0 Å². The van der Waals surface area contributed by atoms with Gasteiger partial charge in [-0.2, -0.15) is 0 Å². The fraction of sp³-hybridized carbons (Fsp3) is 0.923. The summed E-state index contributed by atoms with van der Waals surface area (Å²) >= 11 is 0. The molecule has 1 aliphatic carbocycles. The molecule has 1 aliphatic heterocycles. The molecule has 92 valence electrons. The van der Waals surface area contributed by atoms with Crippen LogP contribution in [0, 0.1) is 5.92 Å². The number of epoxide rings is 1. The van der Waals surface area contributed by atoms with Crippen molar-refractivity contribution >= 4 is 5.97 Å². The lowest BCUT2D eigenvalue weighted by atomic mass is 9.80. The Morgan fingerprint density at radius 3 is 2.50 bits per heavy atom. The van der Waals surface area contributed by atoms with E-state index in [0.717, 1.165) is 6.42 Å². The van der Waals surface area contributed by atoms with Crippen LogP contribution in [0.1, 0.15) is 52.9 Å². The lowest BCUT2D eigenvalue weighted by molar-refractivity contribution is -0.149. The third kappa shape index (κ3) is 1.48. The van der Waals surface area contributed by atoms with Gasteiger partial charge in [-0.1, -0.05) is 19.8 Å². The van der Waals surface area contributed by atoms with Gasteiger partial charge in [-0.05, 0) is 39.0 Å². The van der Waals surface area contributed by atoms with Crippen LogP contribution >= 0.6 is 0 Å². The Morgan fingerprint density at radius 2 is 2.00 bits per heavy atom. The molecule has 0 radical (unpaired) electrons. The molecule has 2 atom stereocenters. The first-order valence-corrected chi connectivity index (χ1v) is 6.48. The molecule has 0 amide bonds. The summed E-state index contributed by atoms with van der Waals surface area (Å²) in [6.07, 6.45) is 5.65. The molecular weight excluding hydrogens is 204 g/mol. The van der Waals surface area contributed by atoms with E-state index < -0.39 is 5.60 Å². The zero-order chi connectivity index (χ0) is 11.8. The largest absolute Gasteiger partial charge is 0.464 e. The normalized spacial score (nSPS) is 38.7. The summed E-state index contributed by atoms with van der Waals surface area (Å²) in [6, 6.07) is 0. The highest BCUT2D eigenvalue weighted by Gasteiger charge is 2.74. The summed E-state index contributed by atoms with van der Waals surface area (Å²) in [5, 5.41) is 0. The average Bonchev–Trinajstić information content (AvgIpc) is 2.69. The molecule has 2 fully saturated rings. The lowest BCUT2D eigenvalue weighted by Crippen LogP contribution is -2.37. The van der Waals surface area contributed by atoms with Crippen molar-refractivity contribution in [1.82, 2.24) is 0 Å². The zero-order valence-corrected chi connectivity index (χ0v) is 10.5. The van der Waals surface area contributed by atoms with E-state index in [-0.39, 0.29) is 11.6 Å². The van der Waals surface area contributed by atoms with E-state index in [2.05, 4.69) is 6.92 Å². The minimum Gasteiger partial charge on any atom is -0.464 e. The predicted octanol–water partition coefficient (Wildman–Crippen LogP) is 2.68. The molecule has 1 saturated heterocycles. The van der Waals surface area contributed by atoms with E-state index in [1.165, 1.54) is 25.7 Å². The molecule has 0 spiro atoms. The minimum atomic E-state index is -0.641. The number of ether oxygens (including phenoxy) is 2. The maximum absolute atomic E-state index is 12.0. The van der Waals surface area contributed by atoms with Crippen LogP contribution in [0.2, 0.25) is 0 Å². The van der Waals surface area contributed by atoms with Crippen LogP contribution in [0.15, 0.2) is 0 Å². The molecule has 3 heteroatoms. The summed E-state index contributed by atoms with van der Waals surface area (Å²) in [5.74, 6) is 0.378. The van der Waals surface area contributed by atoms with Gasteiger partial charge < -0.3 is 9.47 Å². The second-order valence-electron chi connectivity index (χ2n) is 5.09. The Balaban J connectivity index is 2.11. The Labute approximate surface area is 97.5 Å². The van der Waals surface area contributed by atoms with Crippen LogP contribution < -0.4 is 0 Å². The number of esters is 1. The van der Waals surface area contributed by atoms with E-state index in [1.54, 1.807) is 0 Å². The van der Waals surface area contributed by atoms with Crippen molar-refractivity contribution in [3.63, 3.8) is 0 Å². The molecule has 0 bridgehead atoms. The van der Waals surface area contributed by atoms with Crippen molar-refractivity contribution in [3.8, 4) is 0 Å². The number of carbonyl (C=O) groups is 1. The molecule has 0 aromatic rings. The summed E-state index contributed by atoms with van der Waals surface area (Å²) in [7, 11) is 0. The standard InChI is InChI=1S/C13H22O3/c1-4-13(11(14)15-5-2)12(3,16-13)10-8-6-7-9-10/h10H,4-9H2,1-3H3. The maximum Gasteiger partial charge on any atom is 0.341 e. The molecule has 1 saturated carbocycles. The third-order valence-corrected chi connectivity index (χ3v) is 4.38. The van der Waals surface area contributed by atoms with Crippen LogP contribution in [-0.4, -0.2) is 23.8 Å². The minimum absolute atomic E-state index is 0.160. The highest BCUT2D eigenvalue weighted by molar-refractivity contribution is 5.84. The van der Waals surface area contributed by atoms with Gasteiger partial charge in [0.05, 0.1) is 6.61 Å². The Kier molecular flexibility index (Phi) is 2.99. The van der Waals surface area contributed by atoms with Gasteiger partial charge in [0.15, 0.2) is 5.60 Å². The predicted molar refractivity (Wildman–Crippen MR) is 61.1 cm³/mol. The second-order valence-corrected chi connectivity index (χ2v) is 5.09. The van der Waals surface area contributed by atoms with Gasteiger partial charge in [0.1, 0.15) is 5.60 Å². The summed E-state index contributed by atoms with van der Waals surface area (Å²) in [6.45, 7) is 6.38. The molecule has 2 unspecified atom stereocenters. The smallest absolute Gasteiger partial charge is 0.341 e. The van der Waals surface area contributed by atoms with Crippen LogP contribution in [0.25, 0.3) is 0 Å². The van der Waals surface area contributed by atoms with Crippen molar-refractivity contribution in [1.29, 1.82) is 0 Å². The Hall–Kier alpha value is -0.570. The topological polar surface area (TPSA) is 38.8 Å². The number of rotatable bonds is 4. The molecule has 3 nitrogen and oxygen atoms in total. The SMILES string of the molecule is CCOC(=O)C1(CC)OC1(C)C1CCCC1. The van der Waals surface area contributed by atoms with E-state index in [0.29, 0.717) is 12.5 Å². The average molecular weight is 226 g/mol. The van der Waals surface area contributed by atoms with Gasteiger partial charge in [0, 0.05) is 0 Å². The van der Waals surface area contributed by atoms with Gasteiger partial charge in [-0.15, -0.1) is 0 Å². The first kappa shape index (κ1) is 11.9. The first-order valence-electron chi connectivity index (χ1n) is 6.48. The highest BCUT2D eigenvalue weighted by Crippen LogP contribution is 2.59. The Bertz CT molecular complexity index is 283. The lowest BCUT2D eigenvalue weighted by Gasteiger charge is -2.19. The van der Waals surface area contributed by atoms with Crippen molar-refractivity contribution in [3.05, 3.63) is 0 Å². The van der Waals surface area contributed by atoms with Gasteiger partial charge in [-0.3, -0.25) is 0 Å². The van der Waals surface area contributed by atoms with Gasteiger partial charge in [0.25, 0.3) is 0 Å². The van der Waals surface area contributed by atoms with Gasteiger partial charge >= 0.3 is 5.97 Å². The van der Waals surface area contributed by atoms with E-state index in [1.807, 2.05) is 13.8 Å². The maximum atomic E-state index is 12.0. The molecule has 0 aromatic carbocycles. The van der Waals surface area contributed by atoms with E-state index in [9.17, 15) is 4.79 Å². The monoisotopic (exact) mass is 226 g/mol.